The number of rotatable bonds is 4. The Morgan fingerprint density at radius 3 is 3.06 bits per heavy atom. The van der Waals surface area contributed by atoms with E-state index in [4.69, 9.17) is 10.5 Å². The Kier molecular flexibility index (Phi) is 4.40. The van der Waals surface area contributed by atoms with Crippen LogP contribution in [0, 0.1) is 2.88 Å². The molecule has 0 spiro atoms. The van der Waals surface area contributed by atoms with Gasteiger partial charge in [-0.3, -0.25) is 4.79 Å². The van der Waals surface area contributed by atoms with Crippen LogP contribution >= 0.6 is 33.9 Å². The van der Waals surface area contributed by atoms with Crippen molar-refractivity contribution in [3.05, 3.63) is 19.9 Å². The van der Waals surface area contributed by atoms with Crippen molar-refractivity contribution in [2.75, 3.05) is 6.61 Å². The molecule has 94 valence electrons. The van der Waals surface area contributed by atoms with Crippen molar-refractivity contribution in [1.29, 1.82) is 0 Å². The van der Waals surface area contributed by atoms with Crippen LogP contribution in [0.25, 0.3) is 0 Å². The Morgan fingerprint density at radius 2 is 2.53 bits per heavy atom. The first-order valence-corrected chi connectivity index (χ1v) is 7.49. The molecule has 1 aliphatic rings. The fraction of sp³-hybridized carbons (Fsp3) is 0.545. The zero-order valence-electron chi connectivity index (χ0n) is 9.48. The van der Waals surface area contributed by atoms with Gasteiger partial charge in [-0.05, 0) is 42.0 Å². The predicted molar refractivity (Wildman–Crippen MR) is 76.3 cm³/mol. The molecule has 2 rings (SSSR count). The van der Waals surface area contributed by atoms with E-state index in [1.807, 2.05) is 18.4 Å². The van der Waals surface area contributed by atoms with E-state index in [-0.39, 0.29) is 24.1 Å². The minimum atomic E-state index is -0.0611. The Balaban J connectivity index is 1.94. The fourth-order valence-electron chi connectivity index (χ4n) is 1.89. The minimum absolute atomic E-state index is 0.00760. The van der Waals surface area contributed by atoms with Crippen molar-refractivity contribution in [3.8, 4) is 0 Å². The molecule has 0 aromatic carbocycles. The highest BCUT2D eigenvalue weighted by molar-refractivity contribution is 14.1. The first-order chi connectivity index (χ1) is 8.11. The molecule has 1 aliphatic carbocycles. The van der Waals surface area contributed by atoms with Crippen LogP contribution in [0.5, 0.6) is 0 Å². The predicted octanol–water partition coefficient (Wildman–Crippen LogP) is 1.59. The standard InChI is InChI=1S/C11H15IN2O2S/c1-2-16-8-4-7(13)10(8)14-11(15)6-3-9(12)17-5-6/h3,5,7-8,10H,2,4,13H2,1H3,(H,14,15). The second-order valence-electron chi connectivity index (χ2n) is 4.03. The summed E-state index contributed by atoms with van der Waals surface area (Å²) in [6.07, 6.45) is 0.886. The van der Waals surface area contributed by atoms with Crippen LogP contribution in [0.15, 0.2) is 11.4 Å². The molecule has 3 N–H and O–H groups in total. The largest absolute Gasteiger partial charge is 0.376 e. The van der Waals surface area contributed by atoms with Crippen molar-refractivity contribution < 1.29 is 9.53 Å². The molecule has 1 aromatic rings. The monoisotopic (exact) mass is 366 g/mol. The summed E-state index contributed by atoms with van der Waals surface area (Å²) in [4.78, 5) is 11.9. The lowest BCUT2D eigenvalue weighted by atomic mass is 9.83. The molecule has 1 fully saturated rings. The SMILES string of the molecule is CCOC1CC(N)C1NC(=O)c1csc(I)c1. The van der Waals surface area contributed by atoms with Gasteiger partial charge in [-0.25, -0.2) is 0 Å². The third kappa shape index (κ3) is 2.98. The van der Waals surface area contributed by atoms with Gasteiger partial charge in [0.1, 0.15) is 0 Å². The van der Waals surface area contributed by atoms with Gasteiger partial charge in [-0.15, -0.1) is 11.3 Å². The average molecular weight is 366 g/mol. The van der Waals surface area contributed by atoms with Crippen LogP contribution in [-0.4, -0.2) is 30.7 Å². The molecule has 3 atom stereocenters. The number of hydrogen-bond donors (Lipinski definition) is 2. The summed E-state index contributed by atoms with van der Waals surface area (Å²) < 4.78 is 6.61. The van der Waals surface area contributed by atoms with Crippen molar-refractivity contribution >= 4 is 39.8 Å². The third-order valence-corrected chi connectivity index (χ3v) is 4.66. The van der Waals surface area contributed by atoms with E-state index in [1.165, 1.54) is 0 Å². The summed E-state index contributed by atoms with van der Waals surface area (Å²) >= 11 is 3.76. The summed E-state index contributed by atoms with van der Waals surface area (Å²) in [7, 11) is 0. The first kappa shape index (κ1) is 13.3. The van der Waals surface area contributed by atoms with Crippen molar-refractivity contribution in [2.24, 2.45) is 5.73 Å². The maximum Gasteiger partial charge on any atom is 0.252 e. The number of carbonyl (C=O) groups is 1. The molecule has 1 saturated carbocycles. The Hall–Kier alpha value is -0.180. The average Bonchev–Trinajstić information content (AvgIpc) is 2.72. The molecule has 1 amide bonds. The molecule has 17 heavy (non-hydrogen) atoms. The summed E-state index contributed by atoms with van der Waals surface area (Å²) in [5.74, 6) is -0.0611. The van der Waals surface area contributed by atoms with E-state index in [1.54, 1.807) is 11.3 Å². The molecule has 1 aromatic heterocycles. The highest BCUT2D eigenvalue weighted by atomic mass is 127. The number of nitrogens with one attached hydrogen (secondary N) is 1. The number of hydrogen-bond acceptors (Lipinski definition) is 4. The fourth-order valence-corrected chi connectivity index (χ4v) is 3.22. The Labute approximate surface area is 118 Å². The lowest BCUT2D eigenvalue weighted by molar-refractivity contribution is -0.0300. The van der Waals surface area contributed by atoms with Gasteiger partial charge in [0, 0.05) is 18.0 Å². The van der Waals surface area contributed by atoms with Gasteiger partial charge in [0.2, 0.25) is 0 Å². The number of carbonyl (C=O) groups excluding carboxylic acids is 1. The van der Waals surface area contributed by atoms with Crippen molar-refractivity contribution in [3.63, 3.8) is 0 Å². The molecule has 4 nitrogen and oxygen atoms in total. The van der Waals surface area contributed by atoms with Crippen LogP contribution in [-0.2, 0) is 4.74 Å². The summed E-state index contributed by atoms with van der Waals surface area (Å²) in [6.45, 7) is 2.60. The maximum atomic E-state index is 11.9. The third-order valence-electron chi connectivity index (χ3n) is 2.87. The zero-order chi connectivity index (χ0) is 12.4. The highest BCUT2D eigenvalue weighted by Crippen LogP contribution is 2.23. The quantitative estimate of drug-likeness (QED) is 0.796. The molecule has 0 aliphatic heterocycles. The Morgan fingerprint density at radius 1 is 1.76 bits per heavy atom. The number of amides is 1. The molecule has 3 unspecified atom stereocenters. The number of halogens is 1. The molecular formula is C11H15IN2O2S. The molecule has 0 saturated heterocycles. The van der Waals surface area contributed by atoms with Gasteiger partial charge in [-0.1, -0.05) is 0 Å². The van der Waals surface area contributed by atoms with E-state index >= 15 is 0 Å². The van der Waals surface area contributed by atoms with Gasteiger partial charge in [0.05, 0.1) is 20.6 Å². The van der Waals surface area contributed by atoms with E-state index in [0.717, 1.165) is 9.30 Å². The van der Waals surface area contributed by atoms with Gasteiger partial charge in [-0.2, -0.15) is 0 Å². The maximum absolute atomic E-state index is 11.9. The molecule has 6 heteroatoms. The Bertz CT molecular complexity index is 408. The number of ether oxygens (including phenoxy) is 1. The topological polar surface area (TPSA) is 64.3 Å². The van der Waals surface area contributed by atoms with E-state index in [0.29, 0.717) is 12.2 Å². The van der Waals surface area contributed by atoms with E-state index < -0.39 is 0 Å². The van der Waals surface area contributed by atoms with Gasteiger partial charge in [0.25, 0.3) is 5.91 Å². The van der Waals surface area contributed by atoms with Crippen molar-refractivity contribution in [1.82, 2.24) is 5.32 Å². The number of nitrogens with two attached hydrogens (primary N) is 1. The second-order valence-corrected chi connectivity index (χ2v) is 6.84. The lowest BCUT2D eigenvalue weighted by Crippen LogP contribution is -2.64. The summed E-state index contributed by atoms with van der Waals surface area (Å²) in [5, 5.41) is 4.80. The zero-order valence-corrected chi connectivity index (χ0v) is 12.5. The van der Waals surface area contributed by atoms with Gasteiger partial charge < -0.3 is 15.8 Å². The number of thiophene rings is 1. The first-order valence-electron chi connectivity index (χ1n) is 5.54. The van der Waals surface area contributed by atoms with Crippen molar-refractivity contribution in [2.45, 2.75) is 31.5 Å². The molecule has 0 bridgehead atoms. The molecule has 0 radical (unpaired) electrons. The smallest absolute Gasteiger partial charge is 0.252 e. The summed E-state index contributed by atoms with van der Waals surface area (Å²) in [6, 6.07) is 1.83. The van der Waals surface area contributed by atoms with E-state index in [2.05, 4.69) is 27.9 Å². The van der Waals surface area contributed by atoms with Gasteiger partial charge >= 0.3 is 0 Å². The second kappa shape index (κ2) is 5.64. The van der Waals surface area contributed by atoms with Gasteiger partial charge in [0.15, 0.2) is 0 Å². The van der Waals surface area contributed by atoms with Crippen LogP contribution in [0.1, 0.15) is 23.7 Å². The highest BCUT2D eigenvalue weighted by Gasteiger charge is 2.40. The van der Waals surface area contributed by atoms with Crippen LogP contribution in [0.4, 0.5) is 0 Å². The normalized spacial score (nSPS) is 27.6. The summed E-state index contributed by atoms with van der Waals surface area (Å²) in [5.41, 5.74) is 6.58. The van der Waals surface area contributed by atoms with Crippen LogP contribution in [0.2, 0.25) is 0 Å². The lowest BCUT2D eigenvalue weighted by Gasteiger charge is -2.42. The molecular weight excluding hydrogens is 351 g/mol. The van der Waals surface area contributed by atoms with E-state index in [9.17, 15) is 4.79 Å². The molecule has 1 heterocycles. The minimum Gasteiger partial charge on any atom is -0.376 e. The van der Waals surface area contributed by atoms with Crippen LogP contribution < -0.4 is 11.1 Å². The van der Waals surface area contributed by atoms with Crippen LogP contribution in [0.3, 0.4) is 0 Å².